The van der Waals surface area contributed by atoms with Gasteiger partial charge in [-0.2, -0.15) is 52.7 Å². The Kier molecular flexibility index (Phi) is 7.18. The molecule has 1 aliphatic carbocycles. The highest BCUT2D eigenvalue weighted by atomic mass is 19.4. The second-order valence-electron chi connectivity index (χ2n) is 6.09. The van der Waals surface area contributed by atoms with E-state index in [4.69, 9.17) is 0 Å². The van der Waals surface area contributed by atoms with Crippen molar-refractivity contribution < 1.29 is 61.8 Å². The minimum absolute atomic E-state index is 0.0725. The quantitative estimate of drug-likeness (QED) is 0.372. The average molecular weight is 447 g/mol. The molecule has 0 bridgehead atoms. The predicted molar refractivity (Wildman–Crippen MR) is 66.5 cm³/mol. The van der Waals surface area contributed by atoms with E-state index >= 15 is 0 Å². The molecule has 0 aliphatic heterocycles. The molecular formula is C13H14F13NO. The summed E-state index contributed by atoms with van der Waals surface area (Å²) < 4.78 is 176. The van der Waals surface area contributed by atoms with Crippen LogP contribution in [0.5, 0.6) is 0 Å². The second kappa shape index (κ2) is 8.03. The van der Waals surface area contributed by atoms with Gasteiger partial charge < -0.3 is 4.74 Å². The van der Waals surface area contributed by atoms with Gasteiger partial charge in [-0.25, -0.2) is 4.39 Å². The van der Waals surface area contributed by atoms with E-state index in [1.807, 2.05) is 0 Å². The van der Waals surface area contributed by atoms with Crippen molar-refractivity contribution in [3.8, 4) is 0 Å². The van der Waals surface area contributed by atoms with Crippen LogP contribution in [0.2, 0.25) is 0 Å². The molecule has 0 aromatic heterocycles. The van der Waals surface area contributed by atoms with Crippen molar-refractivity contribution in [3.63, 3.8) is 0 Å². The maximum atomic E-state index is 14.3. The van der Waals surface area contributed by atoms with Gasteiger partial charge in [0.1, 0.15) is 18.2 Å². The van der Waals surface area contributed by atoms with Gasteiger partial charge >= 0.3 is 24.7 Å². The summed E-state index contributed by atoms with van der Waals surface area (Å²) in [5.41, 5.74) is 0. The van der Waals surface area contributed by atoms with Crippen molar-refractivity contribution in [1.82, 2.24) is 5.32 Å². The molecule has 6 unspecified atom stereocenters. The lowest BCUT2D eigenvalue weighted by atomic mass is 9.62. The Hall–Kier alpha value is -0.990. The van der Waals surface area contributed by atoms with Crippen molar-refractivity contribution in [2.24, 2.45) is 23.7 Å². The second-order valence-corrected chi connectivity index (χ2v) is 6.09. The van der Waals surface area contributed by atoms with Crippen LogP contribution in [0, 0.1) is 23.7 Å². The predicted octanol–water partition coefficient (Wildman–Crippen LogP) is 5.00. The summed E-state index contributed by atoms with van der Waals surface area (Å²) in [6, 6.07) is 0. The zero-order chi connectivity index (χ0) is 22.3. The molecule has 0 amide bonds. The number of halogens is 13. The monoisotopic (exact) mass is 447 g/mol. The van der Waals surface area contributed by atoms with E-state index in [1.54, 1.807) is 0 Å². The van der Waals surface area contributed by atoms with E-state index < -0.39 is 67.4 Å². The lowest BCUT2D eigenvalue weighted by Crippen LogP contribution is -2.66. The highest BCUT2D eigenvalue weighted by Crippen LogP contribution is 2.61. The van der Waals surface area contributed by atoms with Gasteiger partial charge in [-0.15, -0.1) is 0 Å². The molecule has 6 atom stereocenters. The highest BCUT2D eigenvalue weighted by molar-refractivity contribution is 5.06. The summed E-state index contributed by atoms with van der Waals surface area (Å²) in [4.78, 5) is 0. The summed E-state index contributed by atoms with van der Waals surface area (Å²) in [6.07, 6.45) is -32.6. The summed E-state index contributed by atoms with van der Waals surface area (Å²) in [5.74, 6) is -17.9. The zero-order valence-electron chi connectivity index (χ0n) is 13.7. The number of rotatable bonds is 4. The normalized spacial score (nSPS) is 33.2. The van der Waals surface area contributed by atoms with Gasteiger partial charge in [-0.3, -0.25) is 5.32 Å². The fourth-order valence-electron chi connectivity index (χ4n) is 3.29. The molecule has 28 heavy (non-hydrogen) atoms. The molecule has 0 heterocycles. The van der Waals surface area contributed by atoms with Crippen molar-refractivity contribution >= 4 is 0 Å². The molecule has 0 saturated heterocycles. The van der Waals surface area contributed by atoms with Gasteiger partial charge in [-0.05, 0) is 6.54 Å². The Morgan fingerprint density at radius 3 is 1.32 bits per heavy atom. The third-order valence-corrected chi connectivity index (χ3v) is 4.31. The molecule has 1 N–H and O–H groups in total. The zero-order valence-corrected chi connectivity index (χ0v) is 13.7. The van der Waals surface area contributed by atoms with Gasteiger partial charge in [0.15, 0.2) is 0 Å². The van der Waals surface area contributed by atoms with E-state index in [0.717, 1.165) is 0 Å². The van der Waals surface area contributed by atoms with E-state index in [-0.39, 0.29) is 6.54 Å². The van der Waals surface area contributed by atoms with Crippen LogP contribution < -0.4 is 5.32 Å². The van der Waals surface area contributed by atoms with Crippen molar-refractivity contribution in [3.05, 3.63) is 0 Å². The standard InChI is InChI=1S/C13H14F13NO/c1-2-27-3-28-9-7(13(24,25)26)5(11(18,19)20)4(10(15,16)17)6(8(9)14)12(21,22)23/h4-9,27H,2-3H2,1H3. The lowest BCUT2D eigenvalue weighted by molar-refractivity contribution is -0.375. The first-order valence-corrected chi connectivity index (χ1v) is 7.58. The van der Waals surface area contributed by atoms with Crippen LogP contribution in [0.1, 0.15) is 6.92 Å². The average Bonchev–Trinajstić information content (AvgIpc) is 2.43. The topological polar surface area (TPSA) is 21.3 Å². The smallest absolute Gasteiger partial charge is 0.359 e. The largest absolute Gasteiger partial charge is 0.395 e. The van der Waals surface area contributed by atoms with Crippen molar-refractivity contribution in [1.29, 1.82) is 0 Å². The first-order valence-electron chi connectivity index (χ1n) is 7.58. The molecule has 0 aromatic rings. The van der Waals surface area contributed by atoms with Crippen LogP contribution >= 0.6 is 0 Å². The third-order valence-electron chi connectivity index (χ3n) is 4.31. The Morgan fingerprint density at radius 2 is 1.00 bits per heavy atom. The van der Waals surface area contributed by atoms with Crippen LogP contribution in [0.15, 0.2) is 0 Å². The first-order chi connectivity index (χ1) is 12.3. The van der Waals surface area contributed by atoms with Crippen LogP contribution in [-0.4, -0.2) is 50.3 Å². The maximum Gasteiger partial charge on any atom is 0.395 e. The Balaban J connectivity index is 3.68. The molecule has 1 rings (SSSR count). The Labute approximate surface area is 149 Å². The molecule has 0 aromatic carbocycles. The van der Waals surface area contributed by atoms with Crippen LogP contribution in [0.3, 0.4) is 0 Å². The lowest BCUT2D eigenvalue weighted by Gasteiger charge is -2.49. The fraction of sp³-hybridized carbons (Fsp3) is 1.00. The van der Waals surface area contributed by atoms with Crippen molar-refractivity contribution in [2.45, 2.75) is 43.9 Å². The molecule has 0 radical (unpaired) electrons. The first kappa shape index (κ1) is 25.0. The van der Waals surface area contributed by atoms with Crippen LogP contribution in [0.25, 0.3) is 0 Å². The SMILES string of the molecule is CCNCOC1C(F)C(C(F)(F)F)C(C(F)(F)F)C(C(F)(F)F)C1C(F)(F)F. The highest BCUT2D eigenvalue weighted by Gasteiger charge is 2.76. The van der Waals surface area contributed by atoms with E-state index in [9.17, 15) is 57.1 Å². The molecular weight excluding hydrogens is 433 g/mol. The molecule has 1 saturated carbocycles. The van der Waals surface area contributed by atoms with Gasteiger partial charge in [0.2, 0.25) is 0 Å². The third kappa shape index (κ3) is 5.33. The van der Waals surface area contributed by atoms with Gasteiger partial charge in [0.25, 0.3) is 0 Å². The Bertz CT molecular complexity index is 509. The number of hydrogen-bond acceptors (Lipinski definition) is 2. The number of ether oxygens (including phenoxy) is 1. The fourth-order valence-corrected chi connectivity index (χ4v) is 3.29. The summed E-state index contributed by atoms with van der Waals surface area (Å²) in [5, 5.41) is 2.10. The summed E-state index contributed by atoms with van der Waals surface area (Å²) >= 11 is 0. The Morgan fingerprint density at radius 1 is 0.643 bits per heavy atom. The molecule has 15 heteroatoms. The molecule has 2 nitrogen and oxygen atoms in total. The maximum absolute atomic E-state index is 14.3. The van der Waals surface area contributed by atoms with Crippen LogP contribution in [-0.2, 0) is 4.74 Å². The number of hydrogen-bond donors (Lipinski definition) is 1. The minimum atomic E-state index is -6.42. The van der Waals surface area contributed by atoms with E-state index in [1.165, 1.54) is 6.92 Å². The molecule has 0 spiro atoms. The van der Waals surface area contributed by atoms with Crippen molar-refractivity contribution in [2.75, 3.05) is 13.3 Å². The minimum Gasteiger partial charge on any atom is -0.359 e. The van der Waals surface area contributed by atoms with Gasteiger partial charge in [-0.1, -0.05) is 6.92 Å². The summed E-state index contributed by atoms with van der Waals surface area (Å²) in [6.45, 7) is 0.159. The van der Waals surface area contributed by atoms with Crippen LogP contribution in [0.4, 0.5) is 57.1 Å². The van der Waals surface area contributed by atoms with E-state index in [0.29, 0.717) is 0 Å². The summed E-state index contributed by atoms with van der Waals surface area (Å²) in [7, 11) is 0. The number of nitrogens with one attached hydrogen (secondary N) is 1. The molecule has 1 fully saturated rings. The molecule has 1 aliphatic rings. The van der Waals surface area contributed by atoms with Gasteiger partial charge in [0.05, 0.1) is 24.5 Å². The van der Waals surface area contributed by atoms with E-state index in [2.05, 4.69) is 10.1 Å². The van der Waals surface area contributed by atoms with Gasteiger partial charge in [0, 0.05) is 0 Å². The molecule has 168 valence electrons. The number of alkyl halides is 13.